The summed E-state index contributed by atoms with van der Waals surface area (Å²) in [5, 5.41) is 14.1. The van der Waals surface area contributed by atoms with E-state index < -0.39 is 4.92 Å². The van der Waals surface area contributed by atoms with E-state index in [1.807, 2.05) is 17.8 Å². The van der Waals surface area contributed by atoms with Crippen LogP contribution in [0.25, 0.3) is 0 Å². The molecule has 146 valence electrons. The number of imidazole rings is 1. The average Bonchev–Trinajstić information content (AvgIpc) is 3.07. The van der Waals surface area contributed by atoms with E-state index >= 15 is 0 Å². The average molecular weight is 395 g/mol. The summed E-state index contributed by atoms with van der Waals surface area (Å²) >= 11 is 0. The number of hydrogen-bond donors (Lipinski definition) is 1. The first kappa shape index (κ1) is 20.8. The smallest absolute Gasteiger partial charge is 0.269 e. The Balaban J connectivity index is 0.00000261. The van der Waals surface area contributed by atoms with Gasteiger partial charge < -0.3 is 14.8 Å². The number of aromatic nitrogens is 2. The van der Waals surface area contributed by atoms with Crippen LogP contribution in [0, 0.1) is 10.1 Å². The molecule has 0 spiro atoms. The monoisotopic (exact) mass is 394 g/mol. The Morgan fingerprint density at radius 1 is 1.41 bits per heavy atom. The molecule has 10 heteroatoms. The van der Waals surface area contributed by atoms with Crippen LogP contribution in [-0.4, -0.2) is 58.5 Å². The van der Waals surface area contributed by atoms with E-state index in [4.69, 9.17) is 0 Å². The molecule has 1 aliphatic heterocycles. The van der Waals surface area contributed by atoms with Crippen molar-refractivity contribution in [2.45, 2.75) is 6.04 Å². The zero-order valence-corrected chi connectivity index (χ0v) is 16.1. The molecule has 0 bridgehead atoms. The Morgan fingerprint density at radius 2 is 2.11 bits per heavy atom. The number of aryl methyl sites for hydroxylation is 1. The fourth-order valence-electron chi connectivity index (χ4n) is 3.11. The van der Waals surface area contributed by atoms with E-state index in [0.717, 1.165) is 25.5 Å². The first-order valence-electron chi connectivity index (χ1n) is 8.40. The molecular formula is C17H23ClN6O3. The molecule has 1 aromatic heterocycles. The zero-order chi connectivity index (χ0) is 18.7. The molecule has 1 saturated heterocycles. The molecule has 1 N–H and O–H groups in total. The first-order chi connectivity index (χ1) is 12.5. The van der Waals surface area contributed by atoms with Gasteiger partial charge in [0.15, 0.2) is 0 Å². The van der Waals surface area contributed by atoms with Crippen molar-refractivity contribution < 1.29 is 9.72 Å². The first-order valence-corrected chi connectivity index (χ1v) is 8.40. The number of anilines is 1. The highest BCUT2D eigenvalue weighted by atomic mass is 35.5. The van der Waals surface area contributed by atoms with E-state index in [0.29, 0.717) is 5.69 Å². The maximum atomic E-state index is 12.7. The summed E-state index contributed by atoms with van der Waals surface area (Å²) in [6.45, 7) is 2.55. The summed E-state index contributed by atoms with van der Waals surface area (Å²) in [6, 6.07) is 6.01. The molecule has 0 radical (unpaired) electrons. The molecule has 1 unspecified atom stereocenters. The number of piperazine rings is 1. The van der Waals surface area contributed by atoms with Crippen molar-refractivity contribution in [3.63, 3.8) is 0 Å². The van der Waals surface area contributed by atoms with E-state index in [9.17, 15) is 14.9 Å². The van der Waals surface area contributed by atoms with Crippen molar-refractivity contribution in [3.8, 4) is 0 Å². The number of non-ortho nitro benzene ring substituents is 1. The third-order valence-electron chi connectivity index (χ3n) is 4.67. The SMILES string of the molecule is CN(C(=O)CN1CCNCC1c1nccn1C)c1ccc([N+](=O)[O-])cc1.Cl. The highest BCUT2D eigenvalue weighted by molar-refractivity contribution is 5.94. The van der Waals surface area contributed by atoms with Gasteiger partial charge in [-0.05, 0) is 12.1 Å². The number of likely N-dealkylation sites (N-methyl/N-ethyl adjacent to an activating group) is 1. The van der Waals surface area contributed by atoms with E-state index in [-0.39, 0.29) is 36.6 Å². The molecule has 0 aliphatic carbocycles. The minimum Gasteiger partial charge on any atom is -0.337 e. The highest BCUT2D eigenvalue weighted by Gasteiger charge is 2.29. The number of rotatable bonds is 5. The van der Waals surface area contributed by atoms with Gasteiger partial charge in [0.25, 0.3) is 5.69 Å². The lowest BCUT2D eigenvalue weighted by Gasteiger charge is -2.36. The van der Waals surface area contributed by atoms with Crippen molar-refractivity contribution >= 4 is 29.7 Å². The zero-order valence-electron chi connectivity index (χ0n) is 15.2. The molecule has 1 aromatic carbocycles. The molecule has 1 amide bonds. The molecular weight excluding hydrogens is 372 g/mol. The van der Waals surface area contributed by atoms with Gasteiger partial charge in [0.1, 0.15) is 5.82 Å². The number of amides is 1. The Morgan fingerprint density at radius 3 is 2.70 bits per heavy atom. The number of nitrogens with zero attached hydrogens (tertiary/aromatic N) is 5. The number of nitro groups is 1. The summed E-state index contributed by atoms with van der Waals surface area (Å²) in [4.78, 5) is 31.1. The summed E-state index contributed by atoms with van der Waals surface area (Å²) < 4.78 is 1.97. The maximum absolute atomic E-state index is 12.7. The van der Waals surface area contributed by atoms with Gasteiger partial charge in [-0.25, -0.2) is 4.98 Å². The van der Waals surface area contributed by atoms with Gasteiger partial charge in [0, 0.05) is 63.9 Å². The minimum absolute atomic E-state index is 0. The number of carbonyl (C=O) groups excluding carboxylic acids is 1. The van der Waals surface area contributed by atoms with Gasteiger partial charge in [-0.15, -0.1) is 12.4 Å². The summed E-state index contributed by atoms with van der Waals surface area (Å²) in [7, 11) is 3.63. The predicted octanol–water partition coefficient (Wildman–Crippen LogP) is 1.36. The van der Waals surface area contributed by atoms with Crippen LogP contribution in [0.3, 0.4) is 0 Å². The Kier molecular flexibility index (Phi) is 6.89. The lowest BCUT2D eigenvalue weighted by Crippen LogP contribution is -2.50. The van der Waals surface area contributed by atoms with Crippen LogP contribution in [-0.2, 0) is 11.8 Å². The quantitative estimate of drug-likeness (QED) is 0.607. The van der Waals surface area contributed by atoms with Crippen molar-refractivity contribution in [2.24, 2.45) is 7.05 Å². The fourth-order valence-corrected chi connectivity index (χ4v) is 3.11. The molecule has 2 heterocycles. The second kappa shape index (κ2) is 8.94. The van der Waals surface area contributed by atoms with Gasteiger partial charge in [-0.1, -0.05) is 0 Å². The Labute approximate surface area is 163 Å². The molecule has 1 aliphatic rings. The number of hydrogen-bond acceptors (Lipinski definition) is 6. The molecule has 1 atom stereocenters. The summed E-state index contributed by atoms with van der Waals surface area (Å²) in [5.41, 5.74) is 0.635. The second-order valence-corrected chi connectivity index (χ2v) is 6.31. The van der Waals surface area contributed by atoms with E-state index in [1.54, 1.807) is 25.4 Å². The fraction of sp³-hybridized carbons (Fsp3) is 0.412. The summed E-state index contributed by atoms with van der Waals surface area (Å²) in [6.07, 6.45) is 3.65. The third kappa shape index (κ3) is 4.62. The van der Waals surface area contributed by atoms with Crippen molar-refractivity contribution in [3.05, 3.63) is 52.6 Å². The summed E-state index contributed by atoms with van der Waals surface area (Å²) in [5.74, 6) is 0.850. The number of halogens is 1. The van der Waals surface area contributed by atoms with Gasteiger partial charge in [-0.3, -0.25) is 19.8 Å². The second-order valence-electron chi connectivity index (χ2n) is 6.31. The van der Waals surface area contributed by atoms with E-state index in [1.165, 1.54) is 17.0 Å². The van der Waals surface area contributed by atoms with Crippen molar-refractivity contribution in [1.82, 2.24) is 19.8 Å². The molecule has 3 rings (SSSR count). The van der Waals surface area contributed by atoms with Crippen LogP contribution >= 0.6 is 12.4 Å². The van der Waals surface area contributed by atoms with E-state index in [2.05, 4.69) is 15.2 Å². The lowest BCUT2D eigenvalue weighted by molar-refractivity contribution is -0.384. The normalized spacial score (nSPS) is 17.2. The third-order valence-corrected chi connectivity index (χ3v) is 4.67. The van der Waals surface area contributed by atoms with Crippen LogP contribution in [0.5, 0.6) is 0 Å². The standard InChI is InChI=1S/C17H22N6O3.ClH/c1-20-9-8-19-17(20)15-11-18-7-10-22(15)12-16(24)21(2)13-3-5-14(6-4-13)23(25)26;/h3-6,8-9,15,18H,7,10-12H2,1-2H3;1H. The van der Waals surface area contributed by atoms with Crippen LogP contribution in [0.4, 0.5) is 11.4 Å². The molecule has 2 aromatic rings. The Bertz CT molecular complexity index is 794. The topological polar surface area (TPSA) is 96.5 Å². The molecule has 27 heavy (non-hydrogen) atoms. The van der Waals surface area contributed by atoms with Crippen LogP contribution in [0.2, 0.25) is 0 Å². The number of benzene rings is 1. The van der Waals surface area contributed by atoms with Gasteiger partial charge in [0.05, 0.1) is 17.5 Å². The van der Waals surface area contributed by atoms with Crippen LogP contribution in [0.1, 0.15) is 11.9 Å². The number of carbonyl (C=O) groups is 1. The predicted molar refractivity (Wildman–Crippen MR) is 104 cm³/mol. The Hall–Kier alpha value is -2.49. The van der Waals surface area contributed by atoms with Crippen molar-refractivity contribution in [2.75, 3.05) is 38.1 Å². The largest absolute Gasteiger partial charge is 0.337 e. The van der Waals surface area contributed by atoms with Crippen molar-refractivity contribution in [1.29, 1.82) is 0 Å². The van der Waals surface area contributed by atoms with Crippen LogP contribution < -0.4 is 10.2 Å². The number of nitrogens with one attached hydrogen (secondary N) is 1. The lowest BCUT2D eigenvalue weighted by atomic mass is 10.1. The molecule has 9 nitrogen and oxygen atoms in total. The van der Waals surface area contributed by atoms with Gasteiger partial charge >= 0.3 is 0 Å². The highest BCUT2D eigenvalue weighted by Crippen LogP contribution is 2.22. The number of nitro benzene ring substituents is 1. The van der Waals surface area contributed by atoms with Crippen LogP contribution in [0.15, 0.2) is 36.7 Å². The molecule has 1 fully saturated rings. The van der Waals surface area contributed by atoms with Gasteiger partial charge in [0.2, 0.25) is 5.91 Å². The van der Waals surface area contributed by atoms with Gasteiger partial charge in [-0.2, -0.15) is 0 Å². The minimum atomic E-state index is -0.455. The maximum Gasteiger partial charge on any atom is 0.269 e. The molecule has 0 saturated carbocycles.